The fourth-order valence-electron chi connectivity index (χ4n) is 3.66. The predicted molar refractivity (Wildman–Crippen MR) is 137 cm³/mol. The number of aryl methyl sites for hydroxylation is 2. The molecule has 3 aromatic carbocycles. The number of nitrogens with zero attached hydrogens (tertiary/aromatic N) is 2. The number of sulfonamides is 1. The number of likely N-dealkylation sites (N-methyl/N-ethyl adjacent to an activating group) is 1. The van der Waals surface area contributed by atoms with Gasteiger partial charge in [-0.25, -0.2) is 12.8 Å². The zero-order valence-corrected chi connectivity index (χ0v) is 21.5. The van der Waals surface area contributed by atoms with Crippen molar-refractivity contribution in [2.45, 2.75) is 38.3 Å². The highest BCUT2D eigenvalue weighted by molar-refractivity contribution is 7.92. The lowest BCUT2D eigenvalue weighted by Crippen LogP contribution is -2.50. The number of nitrogens with one attached hydrogen (secondary N) is 1. The number of carbonyl (C=O) groups is 2. The Labute approximate surface area is 211 Å². The van der Waals surface area contributed by atoms with Crippen LogP contribution in [0.2, 0.25) is 0 Å². The smallest absolute Gasteiger partial charge is 0.264 e. The van der Waals surface area contributed by atoms with Crippen LogP contribution in [0.5, 0.6) is 0 Å². The predicted octanol–water partition coefficient (Wildman–Crippen LogP) is 3.80. The average Bonchev–Trinajstić information content (AvgIpc) is 2.86. The lowest BCUT2D eigenvalue weighted by molar-refractivity contribution is -0.139. The van der Waals surface area contributed by atoms with Crippen LogP contribution in [-0.4, -0.2) is 44.8 Å². The number of halogens is 1. The topological polar surface area (TPSA) is 86.8 Å². The first-order chi connectivity index (χ1) is 17.0. The summed E-state index contributed by atoms with van der Waals surface area (Å²) >= 11 is 0. The number of amides is 2. The molecule has 0 fully saturated rings. The summed E-state index contributed by atoms with van der Waals surface area (Å²) in [7, 11) is -2.71. The van der Waals surface area contributed by atoms with Crippen LogP contribution in [-0.2, 0) is 26.2 Å². The van der Waals surface area contributed by atoms with Gasteiger partial charge < -0.3 is 10.2 Å². The van der Waals surface area contributed by atoms with Crippen LogP contribution in [0, 0.1) is 19.7 Å². The van der Waals surface area contributed by atoms with E-state index in [9.17, 15) is 22.4 Å². The minimum atomic E-state index is -4.18. The third-order valence-electron chi connectivity index (χ3n) is 5.89. The molecule has 1 atom stereocenters. The van der Waals surface area contributed by atoms with E-state index >= 15 is 0 Å². The summed E-state index contributed by atoms with van der Waals surface area (Å²) in [5.74, 6) is -1.50. The van der Waals surface area contributed by atoms with Gasteiger partial charge in [-0.05, 0) is 62.7 Å². The molecule has 3 rings (SSSR count). The van der Waals surface area contributed by atoms with Crippen LogP contribution in [0.25, 0.3) is 0 Å². The number of rotatable bonds is 9. The van der Waals surface area contributed by atoms with Gasteiger partial charge in [0.05, 0.1) is 10.6 Å². The summed E-state index contributed by atoms with van der Waals surface area (Å²) in [6.07, 6.45) is 0. The molecular weight excluding hydrogens is 481 g/mol. The molecule has 7 nitrogen and oxygen atoms in total. The second-order valence-electron chi connectivity index (χ2n) is 8.60. The van der Waals surface area contributed by atoms with Gasteiger partial charge in [-0.15, -0.1) is 0 Å². The molecule has 0 bridgehead atoms. The highest BCUT2D eigenvalue weighted by Gasteiger charge is 2.32. The maximum atomic E-state index is 13.6. The van der Waals surface area contributed by atoms with Crippen molar-refractivity contribution in [2.75, 3.05) is 17.9 Å². The summed E-state index contributed by atoms with van der Waals surface area (Å²) in [4.78, 5) is 27.4. The van der Waals surface area contributed by atoms with Crippen LogP contribution in [0.15, 0.2) is 77.7 Å². The number of hydrogen-bond acceptors (Lipinski definition) is 4. The molecule has 0 aromatic heterocycles. The molecule has 0 saturated carbocycles. The van der Waals surface area contributed by atoms with Gasteiger partial charge in [-0.3, -0.25) is 13.9 Å². The molecule has 36 heavy (non-hydrogen) atoms. The Bertz CT molecular complexity index is 1310. The van der Waals surface area contributed by atoms with Crippen LogP contribution in [0.3, 0.4) is 0 Å². The number of hydrogen-bond donors (Lipinski definition) is 1. The van der Waals surface area contributed by atoms with Crippen molar-refractivity contribution < 1.29 is 22.4 Å². The van der Waals surface area contributed by atoms with E-state index in [-0.39, 0.29) is 23.0 Å². The minimum absolute atomic E-state index is 0.00495. The van der Waals surface area contributed by atoms with Crippen molar-refractivity contribution in [3.63, 3.8) is 0 Å². The third-order valence-corrected chi connectivity index (χ3v) is 7.68. The Morgan fingerprint density at radius 1 is 0.889 bits per heavy atom. The van der Waals surface area contributed by atoms with E-state index in [4.69, 9.17) is 0 Å². The molecule has 0 saturated heterocycles. The molecule has 0 spiro atoms. The summed E-state index contributed by atoms with van der Waals surface area (Å²) < 4.78 is 41.8. The van der Waals surface area contributed by atoms with Gasteiger partial charge in [0, 0.05) is 13.6 Å². The molecule has 0 radical (unpaired) electrons. The van der Waals surface area contributed by atoms with Crippen molar-refractivity contribution in [3.05, 3.63) is 95.3 Å². The molecule has 1 N–H and O–H groups in total. The molecule has 9 heteroatoms. The van der Waals surface area contributed by atoms with E-state index in [2.05, 4.69) is 5.32 Å². The second-order valence-corrected chi connectivity index (χ2v) is 10.5. The largest absolute Gasteiger partial charge is 0.357 e. The van der Waals surface area contributed by atoms with Gasteiger partial charge in [0.2, 0.25) is 11.8 Å². The Kier molecular flexibility index (Phi) is 8.47. The van der Waals surface area contributed by atoms with Crippen molar-refractivity contribution in [1.82, 2.24) is 10.2 Å². The van der Waals surface area contributed by atoms with Crippen LogP contribution >= 0.6 is 0 Å². The number of carbonyl (C=O) groups excluding carboxylic acids is 2. The Morgan fingerprint density at radius 3 is 1.94 bits per heavy atom. The highest BCUT2D eigenvalue weighted by Crippen LogP contribution is 2.25. The average molecular weight is 512 g/mol. The lowest BCUT2D eigenvalue weighted by atomic mass is 10.1. The van der Waals surface area contributed by atoms with E-state index < -0.39 is 34.3 Å². The van der Waals surface area contributed by atoms with Gasteiger partial charge in [0.1, 0.15) is 18.4 Å². The third kappa shape index (κ3) is 6.28. The molecule has 0 unspecified atom stereocenters. The van der Waals surface area contributed by atoms with Crippen molar-refractivity contribution >= 4 is 27.5 Å². The Balaban J connectivity index is 2.01. The fraction of sp³-hybridized carbons (Fsp3) is 0.259. The summed E-state index contributed by atoms with van der Waals surface area (Å²) in [6, 6.07) is 17.8. The molecule has 3 aromatic rings. The number of benzene rings is 3. The van der Waals surface area contributed by atoms with Gasteiger partial charge in [-0.1, -0.05) is 47.5 Å². The monoisotopic (exact) mass is 511 g/mol. The first-order valence-electron chi connectivity index (χ1n) is 11.4. The number of anilines is 1. The zero-order valence-electron chi connectivity index (χ0n) is 20.7. The van der Waals surface area contributed by atoms with Crippen molar-refractivity contribution in [3.8, 4) is 0 Å². The van der Waals surface area contributed by atoms with Crippen LogP contribution in [0.4, 0.5) is 10.1 Å². The first-order valence-corrected chi connectivity index (χ1v) is 12.9. The zero-order chi connectivity index (χ0) is 26.5. The normalized spacial score (nSPS) is 12.0. The molecule has 0 aliphatic carbocycles. The molecular formula is C27H30FN3O4S. The Morgan fingerprint density at radius 2 is 1.42 bits per heavy atom. The van der Waals surface area contributed by atoms with E-state index in [1.54, 1.807) is 19.1 Å². The van der Waals surface area contributed by atoms with Crippen LogP contribution < -0.4 is 9.62 Å². The molecule has 0 aliphatic rings. The van der Waals surface area contributed by atoms with E-state index in [1.165, 1.54) is 36.2 Å². The van der Waals surface area contributed by atoms with Gasteiger partial charge in [0.15, 0.2) is 0 Å². The Hall–Kier alpha value is -3.72. The lowest BCUT2D eigenvalue weighted by Gasteiger charge is -2.31. The van der Waals surface area contributed by atoms with Crippen LogP contribution in [0.1, 0.15) is 23.6 Å². The first kappa shape index (κ1) is 26.9. The van der Waals surface area contributed by atoms with Crippen molar-refractivity contribution in [1.29, 1.82) is 0 Å². The van der Waals surface area contributed by atoms with E-state index in [0.29, 0.717) is 0 Å². The van der Waals surface area contributed by atoms with Crippen molar-refractivity contribution in [2.24, 2.45) is 0 Å². The summed E-state index contributed by atoms with van der Waals surface area (Å²) in [6.45, 7) is 4.89. The van der Waals surface area contributed by atoms with Gasteiger partial charge >= 0.3 is 0 Å². The fourth-order valence-corrected chi connectivity index (χ4v) is 5.07. The SMILES string of the molecule is CNC(=O)[C@@H](C)N(Cc1ccc(C)cc1)C(=O)CN(c1ccc(F)cc1)S(=O)(=O)c1ccc(C)cc1. The van der Waals surface area contributed by atoms with Gasteiger partial charge in [0.25, 0.3) is 10.0 Å². The van der Waals surface area contributed by atoms with E-state index in [0.717, 1.165) is 33.1 Å². The molecule has 190 valence electrons. The summed E-state index contributed by atoms with van der Waals surface area (Å²) in [5, 5.41) is 2.54. The molecule has 2 amide bonds. The summed E-state index contributed by atoms with van der Waals surface area (Å²) in [5.41, 5.74) is 2.84. The maximum absolute atomic E-state index is 13.6. The highest BCUT2D eigenvalue weighted by atomic mass is 32.2. The maximum Gasteiger partial charge on any atom is 0.264 e. The molecule has 0 aliphatic heterocycles. The quantitative estimate of drug-likeness (QED) is 0.474. The minimum Gasteiger partial charge on any atom is -0.357 e. The molecule has 0 heterocycles. The van der Waals surface area contributed by atoms with E-state index in [1.807, 2.05) is 38.1 Å². The second kappa shape index (κ2) is 11.3. The standard InChI is InChI=1S/C27H30FN3O4S/c1-19-5-9-22(10-6-19)17-30(21(3)27(33)29-4)26(32)18-31(24-13-11-23(28)12-14-24)36(34,35)25-15-7-20(2)8-16-25/h5-16,21H,17-18H2,1-4H3,(H,29,33)/t21-/m1/s1. The van der Waals surface area contributed by atoms with Gasteiger partial charge in [-0.2, -0.15) is 0 Å².